The first kappa shape index (κ1) is 25.2. The van der Waals surface area contributed by atoms with Crippen LogP contribution in [0.25, 0.3) is 11.0 Å². The average Bonchev–Trinajstić information content (AvgIpc) is 3.45. The molecule has 2 aliphatic heterocycles. The summed E-state index contributed by atoms with van der Waals surface area (Å²) in [6.07, 6.45) is 5.25. The molecule has 0 radical (unpaired) electrons. The van der Waals surface area contributed by atoms with Gasteiger partial charge in [-0.1, -0.05) is 18.7 Å². The summed E-state index contributed by atoms with van der Waals surface area (Å²) >= 11 is 1.24. The van der Waals surface area contributed by atoms with Crippen LogP contribution in [0.3, 0.4) is 0 Å². The topological polar surface area (TPSA) is 106 Å². The molecule has 0 spiro atoms. The van der Waals surface area contributed by atoms with Gasteiger partial charge in [-0.2, -0.15) is 0 Å². The molecule has 37 heavy (non-hydrogen) atoms. The van der Waals surface area contributed by atoms with Crippen molar-refractivity contribution in [1.82, 2.24) is 14.5 Å². The van der Waals surface area contributed by atoms with Crippen molar-refractivity contribution in [2.45, 2.75) is 38.1 Å². The van der Waals surface area contributed by atoms with E-state index < -0.39 is 0 Å². The van der Waals surface area contributed by atoms with Gasteiger partial charge in [0.25, 0.3) is 5.91 Å². The number of ether oxygens (including phenoxy) is 1. The fourth-order valence-electron chi connectivity index (χ4n) is 5.06. The summed E-state index contributed by atoms with van der Waals surface area (Å²) in [4.78, 5) is 45.0. The standard InChI is InChI=1S/C27H31N5O4S/c1-2-24(33)31-14-5-6-19(11-15-31)32-21-8-4-3-7-20(21)28-27(32)30-26(35)22-9-10-23(37-22)29-25(34)18-12-16-36-17-13-18/h2-4,7-10,18-19H,1,5-6,11-17H2,(H,29,34)(H,28,30,35)/t19-/m1/s1. The van der Waals surface area contributed by atoms with Gasteiger partial charge in [-0.15, -0.1) is 11.3 Å². The van der Waals surface area contributed by atoms with Crippen molar-refractivity contribution < 1.29 is 19.1 Å². The molecule has 5 rings (SSSR count). The molecule has 3 aromatic rings. The molecule has 10 heteroatoms. The summed E-state index contributed by atoms with van der Waals surface area (Å²) in [7, 11) is 0. The highest BCUT2D eigenvalue weighted by molar-refractivity contribution is 7.18. The molecule has 2 N–H and O–H groups in total. The van der Waals surface area contributed by atoms with Crippen LogP contribution in [-0.4, -0.2) is 58.5 Å². The first-order chi connectivity index (χ1) is 18.0. The molecule has 194 valence electrons. The molecular formula is C27H31N5O4S. The third kappa shape index (κ3) is 5.60. The number of imidazole rings is 1. The zero-order valence-electron chi connectivity index (χ0n) is 20.7. The number of nitrogens with zero attached hydrogens (tertiary/aromatic N) is 3. The Morgan fingerprint density at radius 1 is 1.03 bits per heavy atom. The molecule has 1 atom stereocenters. The maximum absolute atomic E-state index is 13.2. The maximum Gasteiger partial charge on any atom is 0.268 e. The number of carbonyl (C=O) groups excluding carboxylic acids is 3. The fraction of sp³-hybridized carbons (Fsp3) is 0.407. The molecular weight excluding hydrogens is 490 g/mol. The SMILES string of the molecule is C=CC(=O)N1CCC[C@@H](n2c(NC(=O)c3ccc(NC(=O)C4CCOCC4)s3)nc3ccccc32)CC1. The Morgan fingerprint density at radius 2 is 1.84 bits per heavy atom. The van der Waals surface area contributed by atoms with Gasteiger partial charge in [0.2, 0.25) is 17.8 Å². The first-order valence-corrected chi connectivity index (χ1v) is 13.5. The third-order valence-electron chi connectivity index (χ3n) is 7.04. The quantitative estimate of drug-likeness (QED) is 0.466. The lowest BCUT2D eigenvalue weighted by Gasteiger charge is -2.21. The molecule has 2 fully saturated rings. The lowest BCUT2D eigenvalue weighted by Crippen LogP contribution is -2.30. The van der Waals surface area contributed by atoms with E-state index in [4.69, 9.17) is 9.72 Å². The molecule has 1 aromatic carbocycles. The Hall–Kier alpha value is -3.50. The minimum atomic E-state index is -0.273. The van der Waals surface area contributed by atoms with E-state index in [0.29, 0.717) is 55.0 Å². The van der Waals surface area contributed by atoms with Crippen molar-refractivity contribution in [3.05, 3.63) is 53.9 Å². The number of carbonyl (C=O) groups is 3. The molecule has 3 amide bonds. The third-order valence-corrected chi connectivity index (χ3v) is 8.04. The molecule has 2 aromatic heterocycles. The van der Waals surface area contributed by atoms with Crippen molar-refractivity contribution in [1.29, 1.82) is 0 Å². The largest absolute Gasteiger partial charge is 0.381 e. The number of amides is 3. The smallest absolute Gasteiger partial charge is 0.268 e. The van der Waals surface area contributed by atoms with Gasteiger partial charge in [0.15, 0.2) is 0 Å². The van der Waals surface area contributed by atoms with Gasteiger partial charge in [-0.3, -0.25) is 19.7 Å². The minimum absolute atomic E-state index is 0.0313. The van der Waals surface area contributed by atoms with Crippen molar-refractivity contribution in [3.63, 3.8) is 0 Å². The van der Waals surface area contributed by atoms with E-state index in [1.165, 1.54) is 17.4 Å². The van der Waals surface area contributed by atoms with E-state index in [-0.39, 0.29) is 29.7 Å². The summed E-state index contributed by atoms with van der Waals surface area (Å²) < 4.78 is 7.43. The van der Waals surface area contributed by atoms with Gasteiger partial charge in [-0.25, -0.2) is 4.98 Å². The molecule has 0 aliphatic carbocycles. The number of nitrogens with one attached hydrogen (secondary N) is 2. The lowest BCUT2D eigenvalue weighted by molar-refractivity contribution is -0.126. The Labute approximate surface area is 219 Å². The van der Waals surface area contributed by atoms with Crippen LogP contribution in [0.5, 0.6) is 0 Å². The monoisotopic (exact) mass is 521 g/mol. The summed E-state index contributed by atoms with van der Waals surface area (Å²) in [5.74, 6) is 0.0646. The molecule has 4 heterocycles. The van der Waals surface area contributed by atoms with Gasteiger partial charge in [0.1, 0.15) is 0 Å². The van der Waals surface area contributed by atoms with E-state index in [2.05, 4.69) is 21.8 Å². The van der Waals surface area contributed by atoms with Gasteiger partial charge in [0, 0.05) is 38.3 Å². The average molecular weight is 522 g/mol. The Kier molecular flexibility index (Phi) is 7.66. The second-order valence-corrected chi connectivity index (χ2v) is 10.5. The number of thiophene rings is 1. The van der Waals surface area contributed by atoms with Crippen molar-refractivity contribution >= 4 is 51.0 Å². The van der Waals surface area contributed by atoms with Crippen LogP contribution in [0.1, 0.15) is 47.8 Å². The van der Waals surface area contributed by atoms with E-state index in [0.717, 1.165) is 30.3 Å². The van der Waals surface area contributed by atoms with E-state index in [9.17, 15) is 14.4 Å². The minimum Gasteiger partial charge on any atom is -0.381 e. The summed E-state index contributed by atoms with van der Waals surface area (Å²) in [5, 5.41) is 6.60. The van der Waals surface area contributed by atoms with Crippen molar-refractivity contribution in [3.8, 4) is 0 Å². The maximum atomic E-state index is 13.2. The van der Waals surface area contributed by atoms with Gasteiger partial charge >= 0.3 is 0 Å². The second kappa shape index (κ2) is 11.3. The number of hydrogen-bond acceptors (Lipinski definition) is 6. The molecule has 0 unspecified atom stereocenters. The van der Waals surface area contributed by atoms with E-state index in [1.54, 1.807) is 12.1 Å². The number of aromatic nitrogens is 2. The molecule has 2 aliphatic rings. The predicted octanol–water partition coefficient (Wildman–Crippen LogP) is 4.45. The van der Waals surface area contributed by atoms with Crippen LogP contribution >= 0.6 is 11.3 Å². The summed E-state index contributed by atoms with van der Waals surface area (Å²) in [6.45, 7) is 6.12. The van der Waals surface area contributed by atoms with Crippen molar-refractivity contribution in [2.24, 2.45) is 5.92 Å². The molecule has 9 nitrogen and oxygen atoms in total. The molecule has 0 bridgehead atoms. The van der Waals surface area contributed by atoms with Crippen LogP contribution in [0.2, 0.25) is 0 Å². The first-order valence-electron chi connectivity index (χ1n) is 12.7. The zero-order valence-corrected chi connectivity index (χ0v) is 21.5. The number of rotatable bonds is 6. The van der Waals surface area contributed by atoms with Crippen LogP contribution in [-0.2, 0) is 14.3 Å². The number of hydrogen-bond donors (Lipinski definition) is 2. The predicted molar refractivity (Wildman–Crippen MR) is 144 cm³/mol. The normalized spacial score (nSPS) is 18.8. The summed E-state index contributed by atoms with van der Waals surface area (Å²) in [6, 6.07) is 11.4. The number of fused-ring (bicyclic) bond motifs is 1. The number of likely N-dealkylation sites (tertiary alicyclic amines) is 1. The zero-order chi connectivity index (χ0) is 25.8. The Balaban J connectivity index is 1.33. The molecule has 2 saturated heterocycles. The second-order valence-electron chi connectivity index (χ2n) is 9.40. The Morgan fingerprint density at radius 3 is 2.65 bits per heavy atom. The van der Waals surface area contributed by atoms with E-state index >= 15 is 0 Å². The summed E-state index contributed by atoms with van der Waals surface area (Å²) in [5.41, 5.74) is 1.75. The van der Waals surface area contributed by atoms with Crippen LogP contribution < -0.4 is 10.6 Å². The fourth-order valence-corrected chi connectivity index (χ4v) is 5.87. The van der Waals surface area contributed by atoms with Crippen LogP contribution in [0.15, 0.2) is 49.1 Å². The van der Waals surface area contributed by atoms with E-state index in [1.807, 2.05) is 29.2 Å². The highest BCUT2D eigenvalue weighted by Gasteiger charge is 2.26. The highest BCUT2D eigenvalue weighted by Crippen LogP contribution is 2.32. The number of benzene rings is 1. The van der Waals surface area contributed by atoms with Gasteiger partial charge < -0.3 is 19.5 Å². The van der Waals surface area contributed by atoms with Gasteiger partial charge in [-0.05, 0) is 62.4 Å². The lowest BCUT2D eigenvalue weighted by atomic mass is 10.00. The number of para-hydroxylation sites is 2. The van der Waals surface area contributed by atoms with Gasteiger partial charge in [0.05, 0.1) is 20.9 Å². The van der Waals surface area contributed by atoms with Crippen molar-refractivity contribution in [2.75, 3.05) is 36.9 Å². The molecule has 0 saturated carbocycles. The highest BCUT2D eigenvalue weighted by atomic mass is 32.1. The van der Waals surface area contributed by atoms with Crippen LogP contribution in [0, 0.1) is 5.92 Å². The van der Waals surface area contributed by atoms with Crippen LogP contribution in [0.4, 0.5) is 10.9 Å². The number of anilines is 2. The Bertz CT molecular complexity index is 1310.